The predicted octanol–water partition coefficient (Wildman–Crippen LogP) is 2.60. The first-order chi connectivity index (χ1) is 9.88. The zero-order valence-corrected chi connectivity index (χ0v) is 14.3. The molecule has 21 heavy (non-hydrogen) atoms. The minimum Gasteiger partial charge on any atom is -0.469 e. The van der Waals surface area contributed by atoms with Gasteiger partial charge in [0.05, 0.1) is 19.8 Å². The summed E-state index contributed by atoms with van der Waals surface area (Å²) in [5.41, 5.74) is 0.0453. The summed E-state index contributed by atoms with van der Waals surface area (Å²) < 4.78 is 5.35. The average molecular weight is 313 g/mol. The molecule has 1 fully saturated rings. The maximum Gasteiger partial charge on any atom is 0.294 e. The fourth-order valence-corrected chi connectivity index (χ4v) is 4.49. The molecule has 1 heterocycles. The Balaban J connectivity index is 2.00. The third-order valence-electron chi connectivity index (χ3n) is 4.09. The summed E-state index contributed by atoms with van der Waals surface area (Å²) >= 11 is 1.47. The molecule has 0 radical (unpaired) electrons. The first-order valence-corrected chi connectivity index (χ1v) is 8.51. The van der Waals surface area contributed by atoms with Crippen LogP contribution in [0.4, 0.5) is 0 Å². The van der Waals surface area contributed by atoms with Crippen LogP contribution in [-0.2, 0) is 6.54 Å². The van der Waals surface area contributed by atoms with Crippen LogP contribution in [0.1, 0.15) is 52.0 Å². The van der Waals surface area contributed by atoms with E-state index >= 15 is 0 Å². The van der Waals surface area contributed by atoms with Gasteiger partial charge < -0.3 is 15.2 Å². The molecule has 0 bridgehead atoms. The Bertz CT molecular complexity index is 464. The topological polar surface area (TPSA) is 67.3 Å². The highest BCUT2D eigenvalue weighted by Gasteiger charge is 2.42. The summed E-state index contributed by atoms with van der Waals surface area (Å²) in [5, 5.41) is 23.1. The largest absolute Gasteiger partial charge is 0.469 e. The lowest BCUT2D eigenvalue weighted by molar-refractivity contribution is 0.0352. The molecule has 0 saturated heterocycles. The van der Waals surface area contributed by atoms with Gasteiger partial charge >= 0.3 is 0 Å². The van der Waals surface area contributed by atoms with Crippen molar-refractivity contribution >= 4 is 11.3 Å². The highest BCUT2D eigenvalue weighted by Crippen LogP contribution is 2.43. The Morgan fingerprint density at radius 1 is 1.38 bits per heavy atom. The van der Waals surface area contributed by atoms with Crippen LogP contribution in [0.3, 0.4) is 0 Å². The van der Waals surface area contributed by atoms with Crippen LogP contribution in [0, 0.1) is 11.3 Å². The Morgan fingerprint density at radius 3 is 2.76 bits per heavy atom. The summed E-state index contributed by atoms with van der Waals surface area (Å²) in [5.74, 6) is 0.613. The van der Waals surface area contributed by atoms with Gasteiger partial charge in [0.25, 0.3) is 5.19 Å². The number of hydrogen-bond acceptors (Lipinski definition) is 6. The number of aromatic nitrogens is 2. The van der Waals surface area contributed by atoms with Crippen molar-refractivity contribution in [3.8, 4) is 5.19 Å². The van der Waals surface area contributed by atoms with Crippen molar-refractivity contribution in [2.45, 2.75) is 59.0 Å². The van der Waals surface area contributed by atoms with E-state index < -0.39 is 0 Å². The molecule has 5 nitrogen and oxygen atoms in total. The third kappa shape index (κ3) is 4.37. The molecule has 2 N–H and O–H groups in total. The van der Waals surface area contributed by atoms with Gasteiger partial charge in [0.15, 0.2) is 0 Å². The van der Waals surface area contributed by atoms with E-state index in [9.17, 15) is 5.11 Å². The molecule has 0 amide bonds. The summed E-state index contributed by atoms with van der Waals surface area (Å²) in [4.78, 5) is 0. The van der Waals surface area contributed by atoms with Gasteiger partial charge in [0.1, 0.15) is 5.01 Å². The van der Waals surface area contributed by atoms with Gasteiger partial charge in [-0.2, -0.15) is 0 Å². The standard InChI is InChI=1S/C15H27N3O2S/c1-5-20-13-18-17-12(21-13)8-16-15(10-19)7-11(2)6-14(3,4)9-15/h11,16,19H,5-10H2,1-4H3/t11-,15-/m1/s1. The number of rotatable bonds is 6. The first-order valence-electron chi connectivity index (χ1n) is 7.69. The van der Waals surface area contributed by atoms with E-state index in [-0.39, 0.29) is 17.6 Å². The van der Waals surface area contributed by atoms with E-state index in [0.717, 1.165) is 17.8 Å². The van der Waals surface area contributed by atoms with Crippen LogP contribution in [-0.4, -0.2) is 34.1 Å². The second-order valence-corrected chi connectivity index (χ2v) is 8.07. The minimum absolute atomic E-state index is 0.165. The molecule has 2 atom stereocenters. The van der Waals surface area contributed by atoms with Gasteiger partial charge in [-0.25, -0.2) is 0 Å². The van der Waals surface area contributed by atoms with Gasteiger partial charge in [0.2, 0.25) is 0 Å². The minimum atomic E-state index is -0.210. The van der Waals surface area contributed by atoms with Crippen molar-refractivity contribution in [2.24, 2.45) is 11.3 Å². The van der Waals surface area contributed by atoms with Gasteiger partial charge in [-0.3, -0.25) is 0 Å². The molecular formula is C15H27N3O2S. The summed E-state index contributed by atoms with van der Waals surface area (Å²) in [6.45, 7) is 10.2. The summed E-state index contributed by atoms with van der Waals surface area (Å²) in [6, 6.07) is 0. The van der Waals surface area contributed by atoms with Crippen molar-refractivity contribution in [3.63, 3.8) is 0 Å². The fraction of sp³-hybridized carbons (Fsp3) is 0.867. The second kappa shape index (κ2) is 6.58. The van der Waals surface area contributed by atoms with Crippen molar-refractivity contribution in [3.05, 3.63) is 5.01 Å². The van der Waals surface area contributed by atoms with Crippen molar-refractivity contribution in [1.82, 2.24) is 15.5 Å². The predicted molar refractivity (Wildman–Crippen MR) is 84.5 cm³/mol. The van der Waals surface area contributed by atoms with E-state index in [1.54, 1.807) is 0 Å². The number of ether oxygens (including phenoxy) is 1. The molecule has 1 aliphatic rings. The SMILES string of the molecule is CCOc1nnc(CN[C@]2(CO)C[C@H](C)CC(C)(C)C2)s1. The molecule has 0 aliphatic heterocycles. The molecule has 6 heteroatoms. The highest BCUT2D eigenvalue weighted by atomic mass is 32.1. The summed E-state index contributed by atoms with van der Waals surface area (Å²) in [6.07, 6.45) is 3.20. The molecule has 1 saturated carbocycles. The van der Waals surface area contributed by atoms with Crippen molar-refractivity contribution in [1.29, 1.82) is 0 Å². The molecule has 1 aromatic rings. The zero-order chi connectivity index (χ0) is 15.5. The number of aliphatic hydroxyl groups is 1. The first kappa shape index (κ1) is 16.6. The van der Waals surface area contributed by atoms with Crippen molar-refractivity contribution < 1.29 is 9.84 Å². The van der Waals surface area contributed by atoms with E-state index in [0.29, 0.717) is 24.3 Å². The molecule has 120 valence electrons. The maximum absolute atomic E-state index is 9.94. The summed E-state index contributed by atoms with van der Waals surface area (Å²) in [7, 11) is 0. The van der Waals surface area contributed by atoms with Crippen LogP contribution in [0.2, 0.25) is 0 Å². The smallest absolute Gasteiger partial charge is 0.294 e. The third-order valence-corrected chi connectivity index (χ3v) is 4.93. The van der Waals surface area contributed by atoms with Crippen LogP contribution in [0.5, 0.6) is 5.19 Å². The van der Waals surface area contributed by atoms with Gasteiger partial charge in [0, 0.05) is 5.54 Å². The van der Waals surface area contributed by atoms with E-state index in [2.05, 4.69) is 36.3 Å². The Morgan fingerprint density at radius 2 is 2.14 bits per heavy atom. The van der Waals surface area contributed by atoms with E-state index in [1.807, 2.05) is 6.92 Å². The lowest BCUT2D eigenvalue weighted by Crippen LogP contribution is -2.54. The van der Waals surface area contributed by atoms with E-state index in [1.165, 1.54) is 17.8 Å². The lowest BCUT2D eigenvalue weighted by atomic mass is 9.64. The molecule has 0 unspecified atom stereocenters. The lowest BCUT2D eigenvalue weighted by Gasteiger charge is -2.47. The number of hydrogen-bond donors (Lipinski definition) is 2. The molecule has 0 aromatic carbocycles. The fourth-order valence-electron chi connectivity index (χ4n) is 3.81. The monoisotopic (exact) mass is 313 g/mol. The van der Waals surface area contributed by atoms with Crippen LogP contribution in [0.15, 0.2) is 0 Å². The Labute approximate surface area is 131 Å². The normalized spacial score (nSPS) is 28.5. The van der Waals surface area contributed by atoms with Gasteiger partial charge in [-0.15, -0.1) is 10.2 Å². The Hall–Kier alpha value is -0.720. The number of nitrogens with zero attached hydrogens (tertiary/aromatic N) is 2. The quantitative estimate of drug-likeness (QED) is 0.845. The zero-order valence-electron chi connectivity index (χ0n) is 13.5. The second-order valence-electron chi connectivity index (χ2n) is 7.04. The average Bonchev–Trinajstić information content (AvgIpc) is 2.82. The van der Waals surface area contributed by atoms with Crippen molar-refractivity contribution in [2.75, 3.05) is 13.2 Å². The van der Waals surface area contributed by atoms with Gasteiger partial charge in [-0.1, -0.05) is 32.1 Å². The van der Waals surface area contributed by atoms with Crippen LogP contribution < -0.4 is 10.1 Å². The highest BCUT2D eigenvalue weighted by molar-refractivity contribution is 7.13. The van der Waals surface area contributed by atoms with Gasteiger partial charge in [-0.05, 0) is 37.5 Å². The Kier molecular flexibility index (Phi) is 5.22. The van der Waals surface area contributed by atoms with Crippen LogP contribution in [0.25, 0.3) is 0 Å². The number of aliphatic hydroxyl groups excluding tert-OH is 1. The van der Waals surface area contributed by atoms with Crippen LogP contribution >= 0.6 is 11.3 Å². The maximum atomic E-state index is 9.94. The molecule has 1 aromatic heterocycles. The molecular weight excluding hydrogens is 286 g/mol. The van der Waals surface area contributed by atoms with E-state index in [4.69, 9.17) is 4.74 Å². The molecule has 2 rings (SSSR count). The molecule has 0 spiro atoms. The molecule has 1 aliphatic carbocycles. The number of nitrogens with one attached hydrogen (secondary N) is 1.